The number of hydrogen-bond donors (Lipinski definition) is 2. The molecule has 0 spiro atoms. The average molecular weight is 415 g/mol. The zero-order valence-corrected chi connectivity index (χ0v) is 16.9. The van der Waals surface area contributed by atoms with Crippen LogP contribution < -0.4 is 14.7 Å². The van der Waals surface area contributed by atoms with Crippen molar-refractivity contribution in [2.75, 3.05) is 13.2 Å². The summed E-state index contributed by atoms with van der Waals surface area (Å²) in [6, 6.07) is 11.0. The lowest BCUT2D eigenvalue weighted by molar-refractivity contribution is 0.271. The Morgan fingerprint density at radius 2 is 1.93 bits per heavy atom. The summed E-state index contributed by atoms with van der Waals surface area (Å²) in [6.07, 6.45) is 0. The minimum atomic E-state index is -4.22. The summed E-state index contributed by atoms with van der Waals surface area (Å²) in [5, 5.41) is 21.3. The highest BCUT2D eigenvalue weighted by Crippen LogP contribution is 2.27. The maximum atomic E-state index is 12.7. The van der Waals surface area contributed by atoms with Gasteiger partial charge in [0.05, 0.1) is 12.1 Å². The summed E-state index contributed by atoms with van der Waals surface area (Å²) in [6.45, 7) is 7.12. The van der Waals surface area contributed by atoms with Crippen molar-refractivity contribution >= 4 is 22.8 Å². The maximum Gasteiger partial charge on any atom is 0.340 e. The van der Waals surface area contributed by atoms with E-state index < -0.39 is 10.1 Å². The number of nitrogens with two attached hydrogens (primary N) is 1. The predicted octanol–water partition coefficient (Wildman–Crippen LogP) is 2.13. The Morgan fingerprint density at radius 3 is 2.55 bits per heavy atom. The van der Waals surface area contributed by atoms with Gasteiger partial charge < -0.3 is 14.7 Å². The average Bonchev–Trinajstić information content (AvgIpc) is 2.64. The number of nitriles is 1. The van der Waals surface area contributed by atoms with Crippen LogP contribution in [0.2, 0.25) is 0 Å². The molecule has 2 rings (SSSR count). The highest BCUT2D eigenvalue weighted by atomic mass is 32.2. The number of guanidine groups is 1. The molecule has 0 aliphatic heterocycles. The van der Waals surface area contributed by atoms with E-state index in [-0.39, 0.29) is 35.3 Å². The van der Waals surface area contributed by atoms with Crippen LogP contribution in [0, 0.1) is 30.6 Å². The molecule has 152 valence electrons. The van der Waals surface area contributed by atoms with Crippen molar-refractivity contribution in [2.45, 2.75) is 18.7 Å². The third-order valence-corrected chi connectivity index (χ3v) is 5.07. The van der Waals surface area contributed by atoms with E-state index in [9.17, 15) is 13.7 Å². The van der Waals surface area contributed by atoms with Gasteiger partial charge in [-0.25, -0.2) is 5.01 Å². The number of nitrogens with zero attached hydrogens (tertiary/aromatic N) is 3. The van der Waals surface area contributed by atoms with Crippen LogP contribution in [0.25, 0.3) is 0 Å². The van der Waals surface area contributed by atoms with Gasteiger partial charge in [-0.1, -0.05) is 6.07 Å². The normalized spacial score (nSPS) is 10.7. The van der Waals surface area contributed by atoms with Crippen molar-refractivity contribution < 1.29 is 17.3 Å². The first-order valence-electron chi connectivity index (χ1n) is 8.44. The smallest absolute Gasteiger partial charge is 0.340 e. The zero-order valence-electron chi connectivity index (χ0n) is 16.0. The lowest BCUT2D eigenvalue weighted by Gasteiger charge is -2.16. The number of ether oxygens (including phenoxy) is 1. The van der Waals surface area contributed by atoms with Gasteiger partial charge in [0.1, 0.15) is 29.1 Å². The summed E-state index contributed by atoms with van der Waals surface area (Å²) < 4.78 is 36.2. The molecule has 0 saturated carbocycles. The molecule has 10 heteroatoms. The molecule has 3 N–H and O–H groups in total. The van der Waals surface area contributed by atoms with Crippen molar-refractivity contribution in [1.82, 2.24) is 5.01 Å². The van der Waals surface area contributed by atoms with Crippen molar-refractivity contribution in [1.29, 1.82) is 10.7 Å². The molecule has 0 aliphatic carbocycles. The molecule has 9 nitrogen and oxygen atoms in total. The van der Waals surface area contributed by atoms with Gasteiger partial charge in [-0.15, -0.1) is 0 Å². The molecule has 0 fully saturated rings. The molecule has 0 radical (unpaired) electrons. The first-order valence-corrected chi connectivity index (χ1v) is 9.85. The topological polar surface area (TPSA) is 142 Å². The molecule has 0 atom stereocenters. The number of hydrogen-bond acceptors (Lipinski definition) is 7. The molecule has 0 aromatic heterocycles. The fourth-order valence-corrected chi connectivity index (χ4v) is 3.62. The molecule has 2 aromatic carbocycles. The van der Waals surface area contributed by atoms with Gasteiger partial charge in [0.25, 0.3) is 0 Å². The zero-order chi connectivity index (χ0) is 21.6. The fourth-order valence-electron chi connectivity index (χ4n) is 2.46. The van der Waals surface area contributed by atoms with E-state index >= 15 is 0 Å². The van der Waals surface area contributed by atoms with Gasteiger partial charge in [-0.05, 0) is 49.2 Å². The summed E-state index contributed by atoms with van der Waals surface area (Å²) in [5.74, 6) is 0.151. The molecule has 29 heavy (non-hydrogen) atoms. The van der Waals surface area contributed by atoms with Crippen LogP contribution in [0.3, 0.4) is 0 Å². The summed E-state index contributed by atoms with van der Waals surface area (Å²) in [4.78, 5) is -0.196. The van der Waals surface area contributed by atoms with Crippen LogP contribution in [0.1, 0.15) is 16.7 Å². The van der Waals surface area contributed by atoms with E-state index in [1.807, 2.05) is 6.07 Å². The van der Waals surface area contributed by atoms with Crippen LogP contribution in [0.4, 0.5) is 0 Å². The minimum Gasteiger partial charge on any atom is -0.492 e. The predicted molar refractivity (Wildman–Crippen MR) is 109 cm³/mol. The van der Waals surface area contributed by atoms with E-state index in [0.29, 0.717) is 16.9 Å². The van der Waals surface area contributed by atoms with Crippen molar-refractivity contribution in [2.24, 2.45) is 10.8 Å². The lowest BCUT2D eigenvalue weighted by Crippen LogP contribution is -2.34. The Bertz CT molecular complexity index is 1080. The third-order valence-electron chi connectivity index (χ3n) is 3.78. The van der Waals surface area contributed by atoms with Crippen molar-refractivity contribution in [3.63, 3.8) is 0 Å². The number of benzene rings is 2. The maximum absolute atomic E-state index is 12.7. The SMILES string of the molecule is C=NN(CCOc1cc(C)cc(OS(=O)(=O)c2cc(C)ccc2C#N)c1)C(=N)N. The molecule has 0 saturated heterocycles. The van der Waals surface area contributed by atoms with Gasteiger partial charge in [0, 0.05) is 12.8 Å². The molecule has 2 aromatic rings. The Labute approximate surface area is 169 Å². The third kappa shape index (κ3) is 5.70. The van der Waals surface area contributed by atoms with Crippen molar-refractivity contribution in [3.8, 4) is 17.6 Å². The van der Waals surface area contributed by atoms with Gasteiger partial charge >= 0.3 is 10.1 Å². The monoisotopic (exact) mass is 415 g/mol. The van der Waals surface area contributed by atoms with Crippen molar-refractivity contribution in [3.05, 3.63) is 53.1 Å². The number of nitrogens with one attached hydrogen (secondary N) is 1. The van der Waals surface area contributed by atoms with Crippen LogP contribution >= 0.6 is 0 Å². The van der Waals surface area contributed by atoms with Crippen LogP contribution in [-0.4, -0.2) is 39.3 Å². The number of aryl methyl sites for hydroxylation is 2. The standard InChI is InChI=1S/C19H21N5O4S/c1-13-4-5-15(12-20)18(10-13)29(25,26)28-17-9-14(2)8-16(11-17)27-7-6-24(23-3)19(21)22/h4-5,8-11H,3,6-7H2,1-2H3,(H3,21,22). The van der Waals surface area contributed by atoms with Crippen LogP contribution in [0.5, 0.6) is 11.5 Å². The number of rotatable bonds is 8. The summed E-state index contributed by atoms with van der Waals surface area (Å²) in [7, 11) is -4.22. The number of hydrazone groups is 1. The van der Waals surface area contributed by atoms with Gasteiger partial charge in [-0.3, -0.25) is 5.41 Å². The van der Waals surface area contributed by atoms with E-state index in [1.54, 1.807) is 32.0 Å². The Kier molecular flexibility index (Phi) is 6.80. The van der Waals surface area contributed by atoms with Crippen LogP contribution in [-0.2, 0) is 10.1 Å². The van der Waals surface area contributed by atoms with Crippen LogP contribution in [0.15, 0.2) is 46.4 Å². The van der Waals surface area contributed by atoms with E-state index in [0.717, 1.165) is 5.01 Å². The Balaban J connectivity index is 2.22. The molecular weight excluding hydrogens is 394 g/mol. The Morgan fingerprint density at radius 1 is 1.24 bits per heavy atom. The highest BCUT2D eigenvalue weighted by molar-refractivity contribution is 7.87. The second-order valence-electron chi connectivity index (χ2n) is 6.13. The Hall–Kier alpha value is -3.58. The lowest BCUT2D eigenvalue weighted by atomic mass is 10.2. The van der Waals surface area contributed by atoms with Gasteiger partial charge in [0.2, 0.25) is 5.96 Å². The molecule has 0 unspecified atom stereocenters. The van der Waals surface area contributed by atoms with Gasteiger partial charge in [-0.2, -0.15) is 18.8 Å². The molecule has 0 aliphatic rings. The second-order valence-corrected chi connectivity index (χ2v) is 7.64. The van der Waals surface area contributed by atoms with Gasteiger partial charge in [0.15, 0.2) is 0 Å². The quantitative estimate of drug-likeness (QED) is 0.291. The minimum absolute atomic E-state index is 0.000904. The largest absolute Gasteiger partial charge is 0.492 e. The summed E-state index contributed by atoms with van der Waals surface area (Å²) >= 11 is 0. The highest BCUT2D eigenvalue weighted by Gasteiger charge is 2.22. The molecular formula is C19H21N5O4S. The molecule has 0 bridgehead atoms. The van der Waals surface area contributed by atoms with E-state index in [4.69, 9.17) is 20.1 Å². The molecule has 0 amide bonds. The fraction of sp³-hybridized carbons (Fsp3) is 0.211. The second kappa shape index (κ2) is 9.07. The molecule has 0 heterocycles. The first kappa shape index (κ1) is 21.7. The van der Waals surface area contributed by atoms with E-state index in [1.165, 1.54) is 18.2 Å². The summed E-state index contributed by atoms with van der Waals surface area (Å²) in [5.41, 5.74) is 6.74. The first-order chi connectivity index (χ1) is 13.7. The van der Waals surface area contributed by atoms with E-state index in [2.05, 4.69) is 11.8 Å².